The molecule has 1 saturated carbocycles. The third kappa shape index (κ3) is 6.33. The molecule has 31 heavy (non-hydrogen) atoms. The monoisotopic (exact) mass is 550 g/mol. The number of halogens is 4. The lowest BCUT2D eigenvalue weighted by molar-refractivity contribution is -0.137. The number of aromatic nitrogens is 3. The largest absolute Gasteiger partial charge is 0.416 e. The maximum Gasteiger partial charge on any atom is 0.416 e. The van der Waals surface area contributed by atoms with Crippen LogP contribution in [0.15, 0.2) is 35.6 Å². The number of aliphatic imine (C=N–C) groups is 1. The van der Waals surface area contributed by atoms with E-state index in [1.165, 1.54) is 12.1 Å². The van der Waals surface area contributed by atoms with E-state index < -0.39 is 11.7 Å². The van der Waals surface area contributed by atoms with E-state index in [-0.39, 0.29) is 29.4 Å². The van der Waals surface area contributed by atoms with Crippen molar-refractivity contribution < 1.29 is 13.2 Å². The van der Waals surface area contributed by atoms with Crippen molar-refractivity contribution >= 4 is 29.9 Å². The van der Waals surface area contributed by atoms with Crippen molar-refractivity contribution in [2.45, 2.75) is 57.7 Å². The number of rotatable bonds is 8. The van der Waals surface area contributed by atoms with Crippen LogP contribution in [-0.2, 0) is 24.6 Å². The first-order valence-electron chi connectivity index (χ1n) is 10.4. The fraction of sp³-hybridized carbons (Fsp3) is 0.571. The Balaban J connectivity index is 0.00000341. The second-order valence-electron chi connectivity index (χ2n) is 7.63. The molecule has 1 aliphatic rings. The third-order valence-corrected chi connectivity index (χ3v) is 5.65. The number of hydrogen-bond acceptors (Lipinski definition) is 3. The first kappa shape index (κ1) is 25.4. The third-order valence-electron chi connectivity index (χ3n) is 5.65. The Kier molecular flexibility index (Phi) is 9.14. The molecule has 1 aliphatic carbocycles. The molecule has 6 nitrogen and oxygen atoms in total. The summed E-state index contributed by atoms with van der Waals surface area (Å²) in [5.74, 6) is 1.60. The molecule has 0 saturated heterocycles. The first-order valence-corrected chi connectivity index (χ1v) is 10.4. The maximum absolute atomic E-state index is 13.1. The standard InChI is InChI=1S/C21H29F3N6.HI/c1-3-18-29-28-15-30(18)12-11-26-19(25-4-2)27-14-20(9-6-10-20)16-7-5-8-17(13-16)21(22,23)24;/h5,7-8,13,15H,3-4,6,9-12,14H2,1-2H3,(H2,25,26,27);1H. The zero-order valence-electron chi connectivity index (χ0n) is 17.9. The van der Waals surface area contributed by atoms with Crippen LogP contribution in [0.4, 0.5) is 13.2 Å². The van der Waals surface area contributed by atoms with Crippen LogP contribution in [0.2, 0.25) is 0 Å². The van der Waals surface area contributed by atoms with Gasteiger partial charge >= 0.3 is 6.18 Å². The van der Waals surface area contributed by atoms with Crippen molar-refractivity contribution in [2.24, 2.45) is 4.99 Å². The fourth-order valence-corrected chi connectivity index (χ4v) is 3.77. The number of benzene rings is 1. The van der Waals surface area contributed by atoms with Gasteiger partial charge < -0.3 is 15.2 Å². The molecule has 2 aromatic rings. The van der Waals surface area contributed by atoms with Gasteiger partial charge in [0, 0.05) is 31.5 Å². The van der Waals surface area contributed by atoms with Gasteiger partial charge in [0.1, 0.15) is 12.2 Å². The molecule has 1 fully saturated rings. The van der Waals surface area contributed by atoms with Gasteiger partial charge in [-0.3, -0.25) is 4.99 Å². The quantitative estimate of drug-likeness (QED) is 0.295. The van der Waals surface area contributed by atoms with Crippen LogP contribution in [0.3, 0.4) is 0 Å². The predicted molar refractivity (Wildman–Crippen MR) is 126 cm³/mol. The average molecular weight is 550 g/mol. The normalized spacial score (nSPS) is 15.7. The lowest BCUT2D eigenvalue weighted by atomic mass is 9.64. The minimum atomic E-state index is -4.33. The first-order chi connectivity index (χ1) is 14.4. The zero-order chi connectivity index (χ0) is 21.6. The van der Waals surface area contributed by atoms with Crippen molar-refractivity contribution in [1.29, 1.82) is 0 Å². The molecule has 1 heterocycles. The van der Waals surface area contributed by atoms with E-state index in [1.54, 1.807) is 12.4 Å². The summed E-state index contributed by atoms with van der Waals surface area (Å²) in [4.78, 5) is 4.71. The van der Waals surface area contributed by atoms with Crippen LogP contribution in [0.1, 0.15) is 50.1 Å². The summed E-state index contributed by atoms with van der Waals surface area (Å²) >= 11 is 0. The summed E-state index contributed by atoms with van der Waals surface area (Å²) in [6.45, 7) is 6.53. The molecule has 0 aliphatic heterocycles. The van der Waals surface area contributed by atoms with Crippen molar-refractivity contribution in [3.63, 3.8) is 0 Å². The highest BCUT2D eigenvalue weighted by Gasteiger charge is 2.40. The van der Waals surface area contributed by atoms with Gasteiger partial charge in [0.05, 0.1) is 12.1 Å². The predicted octanol–water partition coefficient (Wildman–Crippen LogP) is 4.15. The number of nitrogens with one attached hydrogen (secondary N) is 2. The van der Waals surface area contributed by atoms with Gasteiger partial charge in [-0.05, 0) is 31.4 Å². The summed E-state index contributed by atoms with van der Waals surface area (Å²) < 4.78 is 41.4. The van der Waals surface area contributed by atoms with E-state index in [0.29, 0.717) is 32.1 Å². The zero-order valence-corrected chi connectivity index (χ0v) is 20.2. The van der Waals surface area contributed by atoms with Gasteiger partial charge in [-0.1, -0.05) is 31.5 Å². The smallest absolute Gasteiger partial charge is 0.357 e. The van der Waals surface area contributed by atoms with Crippen LogP contribution in [0.25, 0.3) is 0 Å². The highest BCUT2D eigenvalue weighted by molar-refractivity contribution is 14.0. The average Bonchev–Trinajstić information content (AvgIpc) is 3.14. The molecule has 0 unspecified atom stereocenters. The Hall–Kier alpha value is -1.85. The Labute approximate surface area is 198 Å². The SMILES string of the molecule is CCNC(=NCC1(c2cccc(C(F)(F)F)c2)CCC1)NCCn1cnnc1CC.I. The summed E-state index contributed by atoms with van der Waals surface area (Å²) in [6, 6.07) is 5.70. The van der Waals surface area contributed by atoms with Gasteiger partial charge in [-0.25, -0.2) is 0 Å². The lowest BCUT2D eigenvalue weighted by Gasteiger charge is -2.41. The molecule has 0 atom stereocenters. The molecule has 3 rings (SSSR count). The van der Waals surface area contributed by atoms with Crippen molar-refractivity contribution in [3.8, 4) is 0 Å². The molecule has 0 spiro atoms. The second kappa shape index (κ2) is 11.1. The van der Waals surface area contributed by atoms with Gasteiger partial charge in [0.25, 0.3) is 0 Å². The summed E-state index contributed by atoms with van der Waals surface area (Å²) in [5, 5.41) is 14.5. The van der Waals surface area contributed by atoms with E-state index in [1.807, 2.05) is 18.4 Å². The van der Waals surface area contributed by atoms with Crippen molar-refractivity contribution in [1.82, 2.24) is 25.4 Å². The van der Waals surface area contributed by atoms with E-state index in [9.17, 15) is 13.2 Å². The molecule has 1 aromatic heterocycles. The molecule has 0 amide bonds. The second-order valence-corrected chi connectivity index (χ2v) is 7.63. The molecule has 0 bridgehead atoms. The summed E-state index contributed by atoms with van der Waals surface area (Å²) in [6.07, 6.45) is 0.883. The Morgan fingerprint density at radius 1 is 1.23 bits per heavy atom. The minimum Gasteiger partial charge on any atom is -0.357 e. The van der Waals surface area contributed by atoms with Crippen molar-refractivity contribution in [2.75, 3.05) is 19.6 Å². The number of alkyl halides is 3. The van der Waals surface area contributed by atoms with E-state index in [0.717, 1.165) is 43.1 Å². The maximum atomic E-state index is 13.1. The molecule has 0 radical (unpaired) electrons. The summed E-state index contributed by atoms with van der Waals surface area (Å²) in [7, 11) is 0. The lowest BCUT2D eigenvalue weighted by Crippen LogP contribution is -2.42. The molecule has 2 N–H and O–H groups in total. The number of aryl methyl sites for hydroxylation is 1. The Morgan fingerprint density at radius 2 is 2.00 bits per heavy atom. The van der Waals surface area contributed by atoms with E-state index in [4.69, 9.17) is 4.99 Å². The van der Waals surface area contributed by atoms with Crippen LogP contribution >= 0.6 is 24.0 Å². The number of guanidine groups is 1. The highest BCUT2D eigenvalue weighted by atomic mass is 127. The number of nitrogens with zero attached hydrogens (tertiary/aromatic N) is 4. The molecule has 1 aromatic carbocycles. The van der Waals surface area contributed by atoms with E-state index >= 15 is 0 Å². The van der Waals surface area contributed by atoms with E-state index in [2.05, 4.69) is 20.8 Å². The van der Waals surface area contributed by atoms with Crippen LogP contribution < -0.4 is 10.6 Å². The van der Waals surface area contributed by atoms with Crippen LogP contribution in [0, 0.1) is 0 Å². The van der Waals surface area contributed by atoms with Crippen LogP contribution in [-0.4, -0.2) is 40.4 Å². The summed E-state index contributed by atoms with van der Waals surface area (Å²) in [5.41, 5.74) is -0.200. The highest BCUT2D eigenvalue weighted by Crippen LogP contribution is 2.45. The van der Waals surface area contributed by atoms with Crippen LogP contribution in [0.5, 0.6) is 0 Å². The fourth-order valence-electron chi connectivity index (χ4n) is 3.77. The molecular formula is C21H30F3IN6. The Morgan fingerprint density at radius 3 is 2.61 bits per heavy atom. The van der Waals surface area contributed by atoms with Gasteiger partial charge in [0.15, 0.2) is 5.96 Å². The molecular weight excluding hydrogens is 520 g/mol. The van der Waals surface area contributed by atoms with Gasteiger partial charge in [0.2, 0.25) is 0 Å². The van der Waals surface area contributed by atoms with Gasteiger partial charge in [-0.2, -0.15) is 13.2 Å². The minimum absolute atomic E-state index is 0. The van der Waals surface area contributed by atoms with Gasteiger partial charge in [-0.15, -0.1) is 34.2 Å². The topological polar surface area (TPSA) is 67.1 Å². The molecule has 10 heteroatoms. The Bertz CT molecular complexity index is 861. The number of hydrogen-bond donors (Lipinski definition) is 2. The molecule has 172 valence electrons. The van der Waals surface area contributed by atoms with Crippen molar-refractivity contribution in [3.05, 3.63) is 47.5 Å².